The summed E-state index contributed by atoms with van der Waals surface area (Å²) in [6.07, 6.45) is 1.14. The SMILES string of the molecule is CN=C(NCCC(C)C)NCc1c(C)nn(C)c1C. The molecule has 0 unspecified atom stereocenters. The van der Waals surface area contributed by atoms with Gasteiger partial charge in [0.05, 0.1) is 5.69 Å². The van der Waals surface area contributed by atoms with Crippen molar-refractivity contribution in [3.63, 3.8) is 0 Å². The van der Waals surface area contributed by atoms with Gasteiger partial charge in [0.25, 0.3) is 0 Å². The fourth-order valence-electron chi connectivity index (χ4n) is 1.95. The van der Waals surface area contributed by atoms with Gasteiger partial charge in [0.1, 0.15) is 0 Å². The molecule has 0 atom stereocenters. The van der Waals surface area contributed by atoms with E-state index in [9.17, 15) is 0 Å². The first-order valence-electron chi connectivity index (χ1n) is 6.89. The number of aliphatic imine (C=N–C) groups is 1. The summed E-state index contributed by atoms with van der Waals surface area (Å²) in [5.74, 6) is 1.55. The average Bonchev–Trinajstić information content (AvgIpc) is 2.58. The largest absolute Gasteiger partial charge is 0.356 e. The van der Waals surface area contributed by atoms with Crippen LogP contribution in [0.15, 0.2) is 4.99 Å². The predicted octanol–water partition coefficient (Wildman–Crippen LogP) is 1.75. The van der Waals surface area contributed by atoms with Crippen molar-refractivity contribution in [2.24, 2.45) is 18.0 Å². The summed E-state index contributed by atoms with van der Waals surface area (Å²) >= 11 is 0. The van der Waals surface area contributed by atoms with Gasteiger partial charge in [-0.2, -0.15) is 5.10 Å². The molecule has 2 N–H and O–H groups in total. The molecule has 1 aromatic heterocycles. The van der Waals surface area contributed by atoms with Crippen molar-refractivity contribution >= 4 is 5.96 Å². The molecule has 5 nitrogen and oxygen atoms in total. The molecule has 1 rings (SSSR count). The van der Waals surface area contributed by atoms with Crippen LogP contribution in [0.5, 0.6) is 0 Å². The van der Waals surface area contributed by atoms with Gasteiger partial charge in [-0.25, -0.2) is 0 Å². The summed E-state index contributed by atoms with van der Waals surface area (Å²) < 4.78 is 1.92. The van der Waals surface area contributed by atoms with Gasteiger partial charge in [-0.3, -0.25) is 9.67 Å². The highest BCUT2D eigenvalue weighted by Crippen LogP contribution is 2.10. The second kappa shape index (κ2) is 7.16. The van der Waals surface area contributed by atoms with Crippen LogP contribution >= 0.6 is 0 Å². The molecule has 1 heterocycles. The lowest BCUT2D eigenvalue weighted by atomic mass is 10.1. The summed E-state index contributed by atoms with van der Waals surface area (Å²) in [6, 6.07) is 0. The highest BCUT2D eigenvalue weighted by molar-refractivity contribution is 5.79. The molecule has 0 bridgehead atoms. The number of rotatable bonds is 5. The van der Waals surface area contributed by atoms with Crippen LogP contribution in [0.25, 0.3) is 0 Å². The standard InChI is InChI=1S/C14H27N5/c1-10(2)7-8-16-14(15-5)17-9-13-11(3)18-19(6)12(13)4/h10H,7-9H2,1-6H3,(H2,15,16,17). The fraction of sp³-hybridized carbons (Fsp3) is 0.714. The number of hydrogen-bond acceptors (Lipinski definition) is 2. The summed E-state index contributed by atoms with van der Waals surface area (Å²) in [5.41, 5.74) is 3.52. The Kier molecular flexibility index (Phi) is 5.86. The van der Waals surface area contributed by atoms with Crippen LogP contribution in [-0.4, -0.2) is 29.3 Å². The Balaban J connectivity index is 2.50. The third kappa shape index (κ3) is 4.58. The molecule has 0 aliphatic carbocycles. The molecule has 0 saturated heterocycles. The topological polar surface area (TPSA) is 54.2 Å². The Morgan fingerprint density at radius 3 is 2.47 bits per heavy atom. The van der Waals surface area contributed by atoms with E-state index in [0.29, 0.717) is 5.92 Å². The minimum atomic E-state index is 0.702. The summed E-state index contributed by atoms with van der Waals surface area (Å²) in [7, 11) is 3.77. The first-order valence-corrected chi connectivity index (χ1v) is 6.89. The molecule has 108 valence electrons. The maximum absolute atomic E-state index is 4.42. The monoisotopic (exact) mass is 265 g/mol. The highest BCUT2D eigenvalue weighted by atomic mass is 15.3. The fourth-order valence-corrected chi connectivity index (χ4v) is 1.95. The highest BCUT2D eigenvalue weighted by Gasteiger charge is 2.09. The predicted molar refractivity (Wildman–Crippen MR) is 80.3 cm³/mol. The van der Waals surface area contributed by atoms with Crippen molar-refractivity contribution in [2.75, 3.05) is 13.6 Å². The molecule has 5 heteroatoms. The Labute approximate surface area is 116 Å². The van der Waals surface area contributed by atoms with E-state index >= 15 is 0 Å². The van der Waals surface area contributed by atoms with E-state index in [1.165, 1.54) is 11.3 Å². The second-order valence-corrected chi connectivity index (χ2v) is 5.31. The van der Waals surface area contributed by atoms with Gasteiger partial charge >= 0.3 is 0 Å². The van der Waals surface area contributed by atoms with Crippen LogP contribution in [0.1, 0.15) is 37.2 Å². The van der Waals surface area contributed by atoms with Gasteiger partial charge in [-0.1, -0.05) is 13.8 Å². The smallest absolute Gasteiger partial charge is 0.191 e. The lowest BCUT2D eigenvalue weighted by molar-refractivity contribution is 0.573. The van der Waals surface area contributed by atoms with E-state index in [0.717, 1.165) is 31.2 Å². The van der Waals surface area contributed by atoms with Gasteiger partial charge in [0.2, 0.25) is 0 Å². The van der Waals surface area contributed by atoms with Gasteiger partial charge in [-0.15, -0.1) is 0 Å². The van der Waals surface area contributed by atoms with Crippen LogP contribution in [0.2, 0.25) is 0 Å². The Bertz CT molecular complexity index is 431. The van der Waals surface area contributed by atoms with Gasteiger partial charge in [-0.05, 0) is 26.2 Å². The van der Waals surface area contributed by atoms with Crippen LogP contribution in [0.3, 0.4) is 0 Å². The molecular weight excluding hydrogens is 238 g/mol. The number of aryl methyl sites for hydroxylation is 2. The van der Waals surface area contributed by atoms with Crippen LogP contribution < -0.4 is 10.6 Å². The zero-order chi connectivity index (χ0) is 14.4. The Morgan fingerprint density at radius 1 is 1.32 bits per heavy atom. The Hall–Kier alpha value is -1.52. The number of nitrogens with one attached hydrogen (secondary N) is 2. The lowest BCUT2D eigenvalue weighted by Crippen LogP contribution is -2.37. The molecule has 1 aromatic rings. The molecule has 0 fully saturated rings. The number of guanidine groups is 1. The molecule has 0 spiro atoms. The zero-order valence-electron chi connectivity index (χ0n) is 13.0. The van der Waals surface area contributed by atoms with E-state index in [1.807, 2.05) is 18.7 Å². The number of hydrogen-bond donors (Lipinski definition) is 2. The van der Waals surface area contributed by atoms with Crippen molar-refractivity contribution in [1.29, 1.82) is 0 Å². The van der Waals surface area contributed by atoms with Crippen LogP contribution in [0, 0.1) is 19.8 Å². The van der Waals surface area contributed by atoms with Crippen molar-refractivity contribution in [3.8, 4) is 0 Å². The number of nitrogens with zero attached hydrogens (tertiary/aromatic N) is 3. The van der Waals surface area contributed by atoms with E-state index in [2.05, 4.69) is 41.5 Å². The summed E-state index contributed by atoms with van der Waals surface area (Å²) in [6.45, 7) is 10.3. The van der Waals surface area contributed by atoms with Crippen LogP contribution in [0.4, 0.5) is 0 Å². The minimum Gasteiger partial charge on any atom is -0.356 e. The van der Waals surface area contributed by atoms with Gasteiger partial charge < -0.3 is 10.6 Å². The van der Waals surface area contributed by atoms with Crippen molar-refractivity contribution in [1.82, 2.24) is 20.4 Å². The summed E-state index contributed by atoms with van der Waals surface area (Å²) in [5, 5.41) is 11.1. The Morgan fingerprint density at radius 2 is 2.00 bits per heavy atom. The number of aromatic nitrogens is 2. The van der Waals surface area contributed by atoms with Gasteiger partial charge in [0.15, 0.2) is 5.96 Å². The van der Waals surface area contributed by atoms with E-state index in [1.54, 1.807) is 7.05 Å². The quantitative estimate of drug-likeness (QED) is 0.630. The molecule has 0 amide bonds. The minimum absolute atomic E-state index is 0.702. The second-order valence-electron chi connectivity index (χ2n) is 5.31. The third-order valence-electron chi connectivity index (χ3n) is 3.33. The van der Waals surface area contributed by atoms with E-state index < -0.39 is 0 Å². The molecular formula is C14H27N5. The maximum atomic E-state index is 4.42. The van der Waals surface area contributed by atoms with E-state index in [4.69, 9.17) is 0 Å². The van der Waals surface area contributed by atoms with Crippen molar-refractivity contribution in [3.05, 3.63) is 17.0 Å². The van der Waals surface area contributed by atoms with E-state index in [-0.39, 0.29) is 0 Å². The lowest BCUT2D eigenvalue weighted by Gasteiger charge is -2.13. The molecule has 19 heavy (non-hydrogen) atoms. The first kappa shape index (κ1) is 15.5. The van der Waals surface area contributed by atoms with Gasteiger partial charge in [0, 0.05) is 38.4 Å². The molecule has 0 radical (unpaired) electrons. The zero-order valence-corrected chi connectivity index (χ0v) is 13.0. The maximum Gasteiger partial charge on any atom is 0.191 e. The van der Waals surface area contributed by atoms with Crippen LogP contribution in [-0.2, 0) is 13.6 Å². The molecule has 0 aliphatic heterocycles. The molecule has 0 saturated carbocycles. The third-order valence-corrected chi connectivity index (χ3v) is 3.33. The normalized spacial score (nSPS) is 12.1. The average molecular weight is 265 g/mol. The molecule has 0 aliphatic rings. The first-order chi connectivity index (χ1) is 8.95. The molecule has 0 aromatic carbocycles. The van der Waals surface area contributed by atoms with Crippen molar-refractivity contribution < 1.29 is 0 Å². The summed E-state index contributed by atoms with van der Waals surface area (Å²) in [4.78, 5) is 4.23. The van der Waals surface area contributed by atoms with Crippen molar-refractivity contribution in [2.45, 2.75) is 40.7 Å².